The summed E-state index contributed by atoms with van der Waals surface area (Å²) < 4.78 is 12.4. The number of benzene rings is 1. The second-order valence-electron chi connectivity index (χ2n) is 3.43. The number of ether oxygens (including phenoxy) is 2. The lowest BCUT2D eigenvalue weighted by Gasteiger charge is -2.06. The molecule has 0 amide bonds. The average Bonchev–Trinajstić information content (AvgIpc) is 2.73. The summed E-state index contributed by atoms with van der Waals surface area (Å²) in [5.41, 5.74) is 1.10. The quantitative estimate of drug-likeness (QED) is 0.787. The van der Waals surface area contributed by atoms with Gasteiger partial charge in [-0.15, -0.1) is 0 Å². The highest BCUT2D eigenvalue weighted by Crippen LogP contribution is 2.14. The van der Waals surface area contributed by atoms with E-state index < -0.39 is 0 Å². The van der Waals surface area contributed by atoms with Gasteiger partial charge in [0.25, 0.3) is 0 Å². The third-order valence-electron chi connectivity index (χ3n) is 2.32. The smallest absolute Gasteiger partial charge is 0.211 e. The van der Waals surface area contributed by atoms with Gasteiger partial charge >= 0.3 is 0 Å². The summed E-state index contributed by atoms with van der Waals surface area (Å²) in [6.07, 6.45) is 1.71. The Balaban J connectivity index is 1.97. The highest BCUT2D eigenvalue weighted by atomic mass is 16.5. The van der Waals surface area contributed by atoms with E-state index in [1.807, 2.05) is 37.4 Å². The van der Waals surface area contributed by atoms with E-state index in [1.165, 1.54) is 0 Å². The molecular formula is C12H14N2O2. The molecule has 0 aliphatic rings. The van der Waals surface area contributed by atoms with Crippen molar-refractivity contribution in [1.82, 2.24) is 9.78 Å². The number of rotatable bonds is 4. The molecule has 0 bridgehead atoms. The number of nitrogens with zero attached hydrogens (tertiary/aromatic N) is 2. The number of hydrogen-bond donors (Lipinski definition) is 0. The van der Waals surface area contributed by atoms with Crippen LogP contribution in [0.1, 0.15) is 5.56 Å². The van der Waals surface area contributed by atoms with Gasteiger partial charge in [0.1, 0.15) is 12.4 Å². The van der Waals surface area contributed by atoms with Crippen LogP contribution in [0.4, 0.5) is 0 Å². The van der Waals surface area contributed by atoms with Crippen molar-refractivity contribution in [2.45, 2.75) is 6.61 Å². The lowest BCUT2D eigenvalue weighted by Crippen LogP contribution is -2.00. The van der Waals surface area contributed by atoms with E-state index in [4.69, 9.17) is 9.47 Å². The molecule has 0 aliphatic heterocycles. The van der Waals surface area contributed by atoms with E-state index in [2.05, 4.69) is 5.10 Å². The molecule has 0 aliphatic carbocycles. The van der Waals surface area contributed by atoms with Gasteiger partial charge in [0.15, 0.2) is 0 Å². The highest BCUT2D eigenvalue weighted by Gasteiger charge is 2.00. The van der Waals surface area contributed by atoms with Crippen LogP contribution in [-0.2, 0) is 13.7 Å². The first-order valence-electron chi connectivity index (χ1n) is 5.03. The first kappa shape index (κ1) is 10.5. The molecule has 0 unspecified atom stereocenters. The second kappa shape index (κ2) is 4.70. The summed E-state index contributed by atoms with van der Waals surface area (Å²) in [7, 11) is 3.50. The lowest BCUT2D eigenvalue weighted by atomic mass is 10.2. The van der Waals surface area contributed by atoms with Crippen molar-refractivity contribution in [3.63, 3.8) is 0 Å². The van der Waals surface area contributed by atoms with Crippen LogP contribution in [0.2, 0.25) is 0 Å². The van der Waals surface area contributed by atoms with Crippen molar-refractivity contribution in [3.05, 3.63) is 42.1 Å². The van der Waals surface area contributed by atoms with Crippen LogP contribution in [-0.4, -0.2) is 16.9 Å². The minimum atomic E-state index is 0.531. The van der Waals surface area contributed by atoms with E-state index in [0.29, 0.717) is 6.61 Å². The normalized spacial score (nSPS) is 10.1. The van der Waals surface area contributed by atoms with E-state index in [1.54, 1.807) is 18.0 Å². The standard InChI is InChI=1S/C12H14N2O2/c1-14-12(7-8-13-14)16-9-10-3-5-11(15-2)6-4-10/h3-8H,9H2,1-2H3. The molecule has 4 heteroatoms. The van der Waals surface area contributed by atoms with Crippen LogP contribution in [0.5, 0.6) is 11.6 Å². The van der Waals surface area contributed by atoms with E-state index in [-0.39, 0.29) is 0 Å². The molecule has 4 nitrogen and oxygen atoms in total. The van der Waals surface area contributed by atoms with Crippen LogP contribution in [0.25, 0.3) is 0 Å². The molecule has 1 aromatic carbocycles. The maximum atomic E-state index is 5.60. The Morgan fingerprint density at radius 2 is 1.94 bits per heavy atom. The third-order valence-corrected chi connectivity index (χ3v) is 2.32. The Hall–Kier alpha value is -1.97. The SMILES string of the molecule is COc1ccc(COc2ccnn2C)cc1. The fraction of sp³-hybridized carbons (Fsp3) is 0.250. The molecule has 0 spiro atoms. The van der Waals surface area contributed by atoms with Crippen molar-refractivity contribution in [2.24, 2.45) is 7.05 Å². The maximum Gasteiger partial charge on any atom is 0.211 e. The van der Waals surface area contributed by atoms with Gasteiger partial charge in [-0.25, -0.2) is 4.68 Å². The monoisotopic (exact) mass is 218 g/mol. The molecule has 0 atom stereocenters. The van der Waals surface area contributed by atoms with Gasteiger partial charge < -0.3 is 9.47 Å². The van der Waals surface area contributed by atoms with Gasteiger partial charge in [-0.3, -0.25) is 0 Å². The van der Waals surface area contributed by atoms with Gasteiger partial charge in [-0.05, 0) is 17.7 Å². The fourth-order valence-corrected chi connectivity index (χ4v) is 1.38. The maximum absolute atomic E-state index is 5.60. The molecule has 16 heavy (non-hydrogen) atoms. The van der Waals surface area contributed by atoms with Gasteiger partial charge in [-0.2, -0.15) is 5.10 Å². The molecule has 0 radical (unpaired) electrons. The highest BCUT2D eigenvalue weighted by molar-refractivity contribution is 5.27. The summed E-state index contributed by atoms with van der Waals surface area (Å²) in [5, 5.41) is 4.03. The predicted molar refractivity (Wildman–Crippen MR) is 60.5 cm³/mol. The number of aryl methyl sites for hydroxylation is 1. The zero-order valence-corrected chi connectivity index (χ0v) is 9.38. The minimum Gasteiger partial charge on any atom is -0.497 e. The van der Waals surface area contributed by atoms with E-state index in [9.17, 15) is 0 Å². The van der Waals surface area contributed by atoms with Crippen molar-refractivity contribution in [1.29, 1.82) is 0 Å². The molecule has 0 saturated heterocycles. The Morgan fingerprint density at radius 1 is 1.19 bits per heavy atom. The molecule has 0 saturated carbocycles. The van der Waals surface area contributed by atoms with Crippen LogP contribution >= 0.6 is 0 Å². The van der Waals surface area contributed by atoms with Crippen molar-refractivity contribution < 1.29 is 9.47 Å². The van der Waals surface area contributed by atoms with Gasteiger partial charge in [0.2, 0.25) is 5.88 Å². The number of methoxy groups -OCH3 is 1. The third kappa shape index (κ3) is 2.34. The van der Waals surface area contributed by atoms with Crippen molar-refractivity contribution in [3.8, 4) is 11.6 Å². The first-order chi connectivity index (χ1) is 7.79. The molecule has 1 heterocycles. The van der Waals surface area contributed by atoms with Crippen LogP contribution in [0.15, 0.2) is 36.5 Å². The molecule has 84 valence electrons. The van der Waals surface area contributed by atoms with Gasteiger partial charge in [0, 0.05) is 13.1 Å². The zero-order chi connectivity index (χ0) is 11.4. The van der Waals surface area contributed by atoms with E-state index in [0.717, 1.165) is 17.2 Å². The summed E-state index contributed by atoms with van der Waals surface area (Å²) in [5.74, 6) is 1.61. The summed E-state index contributed by atoms with van der Waals surface area (Å²) in [6.45, 7) is 0.531. The van der Waals surface area contributed by atoms with Crippen LogP contribution in [0.3, 0.4) is 0 Å². The lowest BCUT2D eigenvalue weighted by molar-refractivity contribution is 0.278. The molecule has 1 aromatic heterocycles. The largest absolute Gasteiger partial charge is 0.497 e. The first-order valence-corrected chi connectivity index (χ1v) is 5.03. The predicted octanol–water partition coefficient (Wildman–Crippen LogP) is 2.01. The second-order valence-corrected chi connectivity index (χ2v) is 3.43. The van der Waals surface area contributed by atoms with Crippen LogP contribution < -0.4 is 9.47 Å². The number of aromatic nitrogens is 2. The topological polar surface area (TPSA) is 36.3 Å². The summed E-state index contributed by atoms with van der Waals surface area (Å²) in [4.78, 5) is 0. The molecule has 0 fully saturated rings. The molecule has 2 aromatic rings. The Labute approximate surface area is 94.4 Å². The number of hydrogen-bond acceptors (Lipinski definition) is 3. The minimum absolute atomic E-state index is 0.531. The molecule has 2 rings (SSSR count). The Bertz CT molecular complexity index is 448. The zero-order valence-electron chi connectivity index (χ0n) is 9.38. The van der Waals surface area contributed by atoms with Gasteiger partial charge in [-0.1, -0.05) is 12.1 Å². The fourth-order valence-electron chi connectivity index (χ4n) is 1.38. The molecular weight excluding hydrogens is 204 g/mol. The Kier molecular flexibility index (Phi) is 3.10. The van der Waals surface area contributed by atoms with Gasteiger partial charge in [0.05, 0.1) is 13.3 Å². The summed E-state index contributed by atoms with van der Waals surface area (Å²) in [6, 6.07) is 9.64. The Morgan fingerprint density at radius 3 is 2.50 bits per heavy atom. The van der Waals surface area contributed by atoms with Crippen molar-refractivity contribution in [2.75, 3.05) is 7.11 Å². The summed E-state index contributed by atoms with van der Waals surface area (Å²) >= 11 is 0. The molecule has 0 N–H and O–H groups in total. The van der Waals surface area contributed by atoms with E-state index >= 15 is 0 Å². The average molecular weight is 218 g/mol. The van der Waals surface area contributed by atoms with Crippen molar-refractivity contribution >= 4 is 0 Å². The van der Waals surface area contributed by atoms with Crippen LogP contribution in [0, 0.1) is 0 Å².